The Morgan fingerprint density at radius 3 is 2.71 bits per heavy atom. The molecule has 1 heterocycles. The van der Waals surface area contributed by atoms with Crippen LogP contribution < -0.4 is 0 Å². The minimum Gasteiger partial charge on any atom is -0.299 e. The standard InChI is InChI=1S/C17H23N3O/c1-12(2)10-20-17(18-11-19-20)9-16(21)8-15-7-13(3)5-6-14(15)4/h5-7,11-12H,8-10H2,1-4H3. The van der Waals surface area contributed by atoms with Crippen LogP contribution in [0, 0.1) is 19.8 Å². The Balaban J connectivity index is 2.05. The van der Waals surface area contributed by atoms with Gasteiger partial charge in [0, 0.05) is 13.0 Å². The summed E-state index contributed by atoms with van der Waals surface area (Å²) in [5.74, 6) is 1.43. The van der Waals surface area contributed by atoms with Crippen molar-refractivity contribution in [2.75, 3.05) is 0 Å². The molecule has 2 rings (SSSR count). The first-order chi connectivity index (χ1) is 9.95. The topological polar surface area (TPSA) is 47.8 Å². The second kappa shape index (κ2) is 6.66. The molecule has 0 spiro atoms. The largest absolute Gasteiger partial charge is 0.299 e. The molecule has 112 valence electrons. The van der Waals surface area contributed by atoms with Gasteiger partial charge in [-0.15, -0.1) is 0 Å². The Hall–Kier alpha value is -1.97. The summed E-state index contributed by atoms with van der Waals surface area (Å²) < 4.78 is 1.84. The number of carbonyl (C=O) groups excluding carboxylic acids is 1. The Kier molecular flexibility index (Phi) is 4.89. The van der Waals surface area contributed by atoms with Gasteiger partial charge in [0.15, 0.2) is 0 Å². The molecular weight excluding hydrogens is 262 g/mol. The van der Waals surface area contributed by atoms with Crippen LogP contribution in [0.3, 0.4) is 0 Å². The first-order valence-corrected chi connectivity index (χ1v) is 7.40. The number of nitrogens with zero attached hydrogens (tertiary/aromatic N) is 3. The third-order valence-corrected chi connectivity index (χ3v) is 3.48. The molecule has 0 N–H and O–H groups in total. The molecule has 4 nitrogen and oxygen atoms in total. The van der Waals surface area contributed by atoms with Gasteiger partial charge in [-0.2, -0.15) is 5.10 Å². The van der Waals surface area contributed by atoms with Crippen LogP contribution >= 0.6 is 0 Å². The predicted molar refractivity (Wildman–Crippen MR) is 83.2 cm³/mol. The molecule has 0 saturated carbocycles. The number of aryl methyl sites for hydroxylation is 2. The van der Waals surface area contributed by atoms with Crippen LogP contribution in [0.5, 0.6) is 0 Å². The van der Waals surface area contributed by atoms with E-state index in [1.807, 2.05) is 18.5 Å². The third kappa shape index (κ3) is 4.25. The molecule has 0 saturated heterocycles. The fraction of sp³-hybridized carbons (Fsp3) is 0.471. The van der Waals surface area contributed by atoms with Crippen molar-refractivity contribution in [3.8, 4) is 0 Å². The monoisotopic (exact) mass is 285 g/mol. The lowest BCUT2D eigenvalue weighted by molar-refractivity contribution is -0.118. The minimum absolute atomic E-state index is 0.182. The second-order valence-corrected chi connectivity index (χ2v) is 6.07. The Bertz CT molecular complexity index is 629. The highest BCUT2D eigenvalue weighted by Gasteiger charge is 2.13. The molecule has 2 aromatic rings. The average molecular weight is 285 g/mol. The molecular formula is C17H23N3O. The molecule has 21 heavy (non-hydrogen) atoms. The van der Waals surface area contributed by atoms with Gasteiger partial charge < -0.3 is 0 Å². The van der Waals surface area contributed by atoms with Gasteiger partial charge >= 0.3 is 0 Å². The highest BCUT2D eigenvalue weighted by molar-refractivity contribution is 5.82. The van der Waals surface area contributed by atoms with E-state index in [1.165, 1.54) is 11.9 Å². The summed E-state index contributed by atoms with van der Waals surface area (Å²) >= 11 is 0. The Morgan fingerprint density at radius 1 is 1.24 bits per heavy atom. The number of rotatable bonds is 6. The van der Waals surface area contributed by atoms with E-state index in [-0.39, 0.29) is 5.78 Å². The second-order valence-electron chi connectivity index (χ2n) is 6.07. The highest BCUT2D eigenvalue weighted by Crippen LogP contribution is 2.13. The summed E-state index contributed by atoms with van der Waals surface area (Å²) in [4.78, 5) is 16.5. The van der Waals surface area contributed by atoms with Crippen LogP contribution in [-0.4, -0.2) is 20.5 Å². The van der Waals surface area contributed by atoms with Gasteiger partial charge in [-0.1, -0.05) is 37.6 Å². The predicted octanol–water partition coefficient (Wildman–Crippen LogP) is 2.91. The summed E-state index contributed by atoms with van der Waals surface area (Å²) in [5.41, 5.74) is 3.46. The lowest BCUT2D eigenvalue weighted by Crippen LogP contribution is -2.15. The maximum absolute atomic E-state index is 12.3. The van der Waals surface area contributed by atoms with Crippen LogP contribution in [0.15, 0.2) is 24.5 Å². The van der Waals surface area contributed by atoms with Crippen molar-refractivity contribution in [1.29, 1.82) is 0 Å². The van der Waals surface area contributed by atoms with E-state index in [1.54, 1.807) is 0 Å². The summed E-state index contributed by atoms with van der Waals surface area (Å²) in [6.45, 7) is 9.15. The zero-order valence-electron chi connectivity index (χ0n) is 13.3. The average Bonchev–Trinajstić information content (AvgIpc) is 2.80. The van der Waals surface area contributed by atoms with E-state index in [0.717, 1.165) is 23.5 Å². The van der Waals surface area contributed by atoms with Gasteiger partial charge in [0.05, 0.1) is 6.42 Å². The minimum atomic E-state index is 0.182. The first-order valence-electron chi connectivity index (χ1n) is 7.40. The van der Waals surface area contributed by atoms with Crippen LogP contribution in [0.1, 0.15) is 36.4 Å². The first kappa shape index (κ1) is 15.4. The van der Waals surface area contributed by atoms with E-state index in [9.17, 15) is 4.79 Å². The molecule has 0 atom stereocenters. The van der Waals surface area contributed by atoms with E-state index < -0.39 is 0 Å². The van der Waals surface area contributed by atoms with Gasteiger partial charge in [0.1, 0.15) is 17.9 Å². The van der Waals surface area contributed by atoms with E-state index in [4.69, 9.17) is 0 Å². The quantitative estimate of drug-likeness (QED) is 0.820. The molecule has 0 unspecified atom stereocenters. The summed E-state index contributed by atoms with van der Waals surface area (Å²) in [6.07, 6.45) is 2.34. The lowest BCUT2D eigenvalue weighted by Gasteiger charge is -2.09. The molecule has 0 aliphatic carbocycles. The summed E-state index contributed by atoms with van der Waals surface area (Å²) in [7, 11) is 0. The Morgan fingerprint density at radius 2 is 2.00 bits per heavy atom. The van der Waals surface area contributed by atoms with Crippen molar-refractivity contribution in [2.45, 2.75) is 47.1 Å². The normalized spacial score (nSPS) is 11.1. The number of aromatic nitrogens is 3. The molecule has 4 heteroatoms. The van der Waals surface area contributed by atoms with E-state index >= 15 is 0 Å². The van der Waals surface area contributed by atoms with Crippen molar-refractivity contribution < 1.29 is 4.79 Å². The third-order valence-electron chi connectivity index (χ3n) is 3.48. The summed E-state index contributed by atoms with van der Waals surface area (Å²) in [6, 6.07) is 6.23. The van der Waals surface area contributed by atoms with Crippen molar-refractivity contribution in [3.05, 3.63) is 47.0 Å². The number of benzene rings is 1. The molecule has 0 amide bonds. The molecule has 0 radical (unpaired) electrons. The van der Waals surface area contributed by atoms with Crippen LogP contribution in [0.4, 0.5) is 0 Å². The Labute approximate surface area is 126 Å². The summed E-state index contributed by atoms with van der Waals surface area (Å²) in [5, 5.41) is 4.20. The SMILES string of the molecule is Cc1ccc(C)c(CC(=O)Cc2ncnn2CC(C)C)c1. The fourth-order valence-corrected chi connectivity index (χ4v) is 2.37. The van der Waals surface area contributed by atoms with Crippen LogP contribution in [0.25, 0.3) is 0 Å². The van der Waals surface area contributed by atoms with Crippen LogP contribution in [0.2, 0.25) is 0 Å². The maximum atomic E-state index is 12.3. The van der Waals surface area contributed by atoms with E-state index in [2.05, 4.69) is 42.1 Å². The molecule has 0 bridgehead atoms. The van der Waals surface area contributed by atoms with Gasteiger partial charge in [-0.05, 0) is 30.9 Å². The van der Waals surface area contributed by atoms with Gasteiger partial charge in [0.25, 0.3) is 0 Å². The van der Waals surface area contributed by atoms with Crippen molar-refractivity contribution in [2.24, 2.45) is 5.92 Å². The number of hydrogen-bond donors (Lipinski definition) is 0. The number of hydrogen-bond acceptors (Lipinski definition) is 3. The molecule has 1 aromatic carbocycles. The maximum Gasteiger partial charge on any atom is 0.144 e. The van der Waals surface area contributed by atoms with E-state index in [0.29, 0.717) is 18.8 Å². The zero-order chi connectivity index (χ0) is 15.4. The fourth-order valence-electron chi connectivity index (χ4n) is 2.37. The molecule has 0 fully saturated rings. The number of Topliss-reactive ketones (excluding diaryl/α,β-unsaturated/α-hetero) is 1. The molecule has 1 aromatic heterocycles. The highest BCUT2D eigenvalue weighted by atomic mass is 16.1. The van der Waals surface area contributed by atoms with Crippen molar-refractivity contribution in [1.82, 2.24) is 14.8 Å². The molecule has 0 aliphatic heterocycles. The van der Waals surface area contributed by atoms with Crippen molar-refractivity contribution >= 4 is 5.78 Å². The van der Waals surface area contributed by atoms with Gasteiger partial charge in [-0.3, -0.25) is 4.79 Å². The number of carbonyl (C=O) groups is 1. The van der Waals surface area contributed by atoms with Gasteiger partial charge in [-0.25, -0.2) is 9.67 Å². The number of ketones is 1. The molecule has 0 aliphatic rings. The van der Waals surface area contributed by atoms with Crippen molar-refractivity contribution in [3.63, 3.8) is 0 Å². The lowest BCUT2D eigenvalue weighted by atomic mass is 10.00. The smallest absolute Gasteiger partial charge is 0.144 e. The van der Waals surface area contributed by atoms with Crippen LogP contribution in [-0.2, 0) is 24.2 Å². The van der Waals surface area contributed by atoms with Gasteiger partial charge in [0.2, 0.25) is 0 Å². The zero-order valence-corrected chi connectivity index (χ0v) is 13.3.